The molecule has 2 heterocycles. The Kier molecular flexibility index (Phi) is 8.83. The number of benzene rings is 3. The lowest BCUT2D eigenvalue weighted by atomic mass is 9.78. The Balaban J connectivity index is 1.41. The van der Waals surface area contributed by atoms with Gasteiger partial charge in [0.2, 0.25) is 0 Å². The Morgan fingerprint density at radius 2 is 1.26 bits per heavy atom. The summed E-state index contributed by atoms with van der Waals surface area (Å²) >= 11 is 0. The Morgan fingerprint density at radius 1 is 0.737 bits per heavy atom. The summed E-state index contributed by atoms with van der Waals surface area (Å²) in [5, 5.41) is 33.2. The van der Waals surface area contributed by atoms with Crippen LogP contribution in [0.1, 0.15) is 16.7 Å². The molecule has 38 heavy (non-hydrogen) atoms. The monoisotopic (exact) mass is 522 g/mol. The van der Waals surface area contributed by atoms with E-state index in [0.29, 0.717) is 6.61 Å². The third kappa shape index (κ3) is 5.98. The molecule has 5 rings (SSSR count). The van der Waals surface area contributed by atoms with Crippen molar-refractivity contribution in [2.75, 3.05) is 13.2 Å². The second kappa shape index (κ2) is 12.5. The normalized spacial score (nSPS) is 31.0. The fraction of sp³-hybridized carbons (Fsp3) is 0.400. The summed E-state index contributed by atoms with van der Waals surface area (Å²) in [4.78, 5) is 0. The molecule has 0 amide bonds. The fourth-order valence-corrected chi connectivity index (χ4v) is 4.95. The summed E-state index contributed by atoms with van der Waals surface area (Å²) in [5.41, 5.74) is 0.729. The van der Waals surface area contributed by atoms with E-state index in [9.17, 15) is 15.3 Å². The average Bonchev–Trinajstić information content (AvgIpc) is 2.96. The lowest BCUT2D eigenvalue weighted by molar-refractivity contribution is -0.400. The maximum atomic E-state index is 11.9. The molecule has 7 atom stereocenters. The number of hydrogen-bond acceptors (Lipinski definition) is 8. The van der Waals surface area contributed by atoms with Gasteiger partial charge in [0.1, 0.15) is 30.5 Å². The minimum absolute atomic E-state index is 0.133. The van der Waals surface area contributed by atoms with Crippen LogP contribution < -0.4 is 0 Å². The van der Waals surface area contributed by atoms with Crippen LogP contribution in [-0.4, -0.2) is 70.9 Å². The third-order valence-corrected chi connectivity index (χ3v) is 7.00. The highest BCUT2D eigenvalue weighted by Crippen LogP contribution is 2.41. The standard InChI is InChI=1S/C30H34O8/c31-24-19-37-29-30(33,27(24)32)28(36-18-23-14-8-3-9-15-23)26(35-17-22-12-6-2-7-13-22)25(38-29)20-34-16-21-10-4-1-5-11-21/h1-15,24-29,31-33H,16-20H2/t24-,25+,26+,27-,28-,29+,30-/m0/s1. The maximum Gasteiger partial charge on any atom is 0.192 e. The van der Waals surface area contributed by atoms with Crippen molar-refractivity contribution in [1.29, 1.82) is 0 Å². The van der Waals surface area contributed by atoms with Crippen LogP contribution in [0.3, 0.4) is 0 Å². The van der Waals surface area contributed by atoms with Crippen molar-refractivity contribution < 1.29 is 39.0 Å². The highest BCUT2D eigenvalue weighted by molar-refractivity contribution is 5.17. The lowest BCUT2D eigenvalue weighted by Crippen LogP contribution is -2.76. The second-order valence-corrected chi connectivity index (χ2v) is 9.72. The molecule has 8 heteroatoms. The number of fused-ring (bicyclic) bond motifs is 1. The van der Waals surface area contributed by atoms with E-state index < -0.39 is 42.4 Å². The molecule has 2 aliphatic heterocycles. The van der Waals surface area contributed by atoms with Gasteiger partial charge in [0, 0.05) is 0 Å². The molecule has 0 aromatic heterocycles. The first kappa shape index (κ1) is 26.9. The van der Waals surface area contributed by atoms with Crippen molar-refractivity contribution in [1.82, 2.24) is 0 Å². The van der Waals surface area contributed by atoms with Crippen LogP contribution in [0.2, 0.25) is 0 Å². The summed E-state index contributed by atoms with van der Waals surface area (Å²) in [6, 6.07) is 28.9. The predicted molar refractivity (Wildman–Crippen MR) is 138 cm³/mol. The van der Waals surface area contributed by atoms with Gasteiger partial charge in [-0.3, -0.25) is 0 Å². The number of rotatable bonds is 10. The molecule has 2 aliphatic rings. The molecule has 0 saturated carbocycles. The zero-order valence-electron chi connectivity index (χ0n) is 21.0. The highest BCUT2D eigenvalue weighted by atomic mass is 16.7. The van der Waals surface area contributed by atoms with Gasteiger partial charge in [-0.25, -0.2) is 0 Å². The van der Waals surface area contributed by atoms with Gasteiger partial charge in [0.15, 0.2) is 11.9 Å². The van der Waals surface area contributed by atoms with Gasteiger partial charge in [-0.1, -0.05) is 91.0 Å². The van der Waals surface area contributed by atoms with E-state index in [2.05, 4.69) is 0 Å². The van der Waals surface area contributed by atoms with Crippen LogP contribution in [0.5, 0.6) is 0 Å². The first-order valence-corrected chi connectivity index (χ1v) is 12.8. The molecule has 8 nitrogen and oxygen atoms in total. The molecular formula is C30H34O8. The fourth-order valence-electron chi connectivity index (χ4n) is 4.95. The summed E-state index contributed by atoms with van der Waals surface area (Å²) in [5.74, 6) is 0. The molecule has 0 aliphatic carbocycles. The van der Waals surface area contributed by atoms with Crippen molar-refractivity contribution >= 4 is 0 Å². The van der Waals surface area contributed by atoms with Crippen LogP contribution in [0.15, 0.2) is 91.0 Å². The van der Waals surface area contributed by atoms with Crippen molar-refractivity contribution in [2.45, 2.75) is 62.2 Å². The highest BCUT2D eigenvalue weighted by Gasteiger charge is 2.64. The van der Waals surface area contributed by atoms with E-state index in [1.807, 2.05) is 91.0 Å². The smallest absolute Gasteiger partial charge is 0.192 e. The number of aliphatic hydroxyl groups is 3. The molecule has 3 aromatic carbocycles. The minimum Gasteiger partial charge on any atom is -0.388 e. The summed E-state index contributed by atoms with van der Waals surface area (Å²) < 4.78 is 30.5. The van der Waals surface area contributed by atoms with E-state index >= 15 is 0 Å². The van der Waals surface area contributed by atoms with Gasteiger partial charge in [-0.05, 0) is 16.7 Å². The van der Waals surface area contributed by atoms with Gasteiger partial charge in [0.25, 0.3) is 0 Å². The van der Waals surface area contributed by atoms with Crippen molar-refractivity contribution in [3.63, 3.8) is 0 Å². The summed E-state index contributed by atoms with van der Waals surface area (Å²) in [6.45, 7) is 0.668. The SMILES string of the molecule is O[C@H]1CO[C@@H]2O[C@H](COCc3ccccc3)[C@@H](OCc3ccccc3)[C@H](OCc3ccccc3)[C@@]2(O)[C@H]1O. The Hall–Kier alpha value is -2.66. The van der Waals surface area contributed by atoms with E-state index in [1.54, 1.807) is 0 Å². The molecule has 202 valence electrons. The second-order valence-electron chi connectivity index (χ2n) is 9.72. The van der Waals surface area contributed by atoms with Crippen LogP contribution in [-0.2, 0) is 43.5 Å². The Bertz CT molecular complexity index is 1110. The Labute approximate surface area is 222 Å². The van der Waals surface area contributed by atoms with E-state index in [1.165, 1.54) is 0 Å². The molecule has 0 bridgehead atoms. The van der Waals surface area contributed by atoms with Crippen LogP contribution in [0.4, 0.5) is 0 Å². The van der Waals surface area contributed by atoms with Gasteiger partial charge >= 0.3 is 0 Å². The summed E-state index contributed by atoms with van der Waals surface area (Å²) in [6.07, 6.45) is -6.77. The van der Waals surface area contributed by atoms with Crippen LogP contribution >= 0.6 is 0 Å². The van der Waals surface area contributed by atoms with Gasteiger partial charge in [-0.2, -0.15) is 0 Å². The molecule has 0 unspecified atom stereocenters. The minimum atomic E-state index is -2.08. The van der Waals surface area contributed by atoms with E-state index in [-0.39, 0.29) is 26.4 Å². The number of hydrogen-bond donors (Lipinski definition) is 3. The molecular weight excluding hydrogens is 488 g/mol. The van der Waals surface area contributed by atoms with Crippen LogP contribution in [0.25, 0.3) is 0 Å². The van der Waals surface area contributed by atoms with Crippen molar-refractivity contribution in [3.8, 4) is 0 Å². The molecule has 2 saturated heterocycles. The average molecular weight is 523 g/mol. The topological polar surface area (TPSA) is 107 Å². The molecule has 2 fully saturated rings. The zero-order chi connectivity index (χ0) is 26.4. The lowest BCUT2D eigenvalue weighted by Gasteiger charge is -2.55. The number of aliphatic hydroxyl groups excluding tert-OH is 2. The number of ether oxygens (including phenoxy) is 5. The van der Waals surface area contributed by atoms with Crippen molar-refractivity contribution in [2.24, 2.45) is 0 Å². The zero-order valence-corrected chi connectivity index (χ0v) is 21.0. The quantitative estimate of drug-likeness (QED) is 0.373. The summed E-state index contributed by atoms with van der Waals surface area (Å²) in [7, 11) is 0. The first-order chi connectivity index (χ1) is 18.6. The van der Waals surface area contributed by atoms with E-state index in [4.69, 9.17) is 23.7 Å². The predicted octanol–water partition coefficient (Wildman–Crippen LogP) is 2.58. The van der Waals surface area contributed by atoms with Gasteiger partial charge in [-0.15, -0.1) is 0 Å². The van der Waals surface area contributed by atoms with Crippen LogP contribution in [0, 0.1) is 0 Å². The largest absolute Gasteiger partial charge is 0.388 e. The third-order valence-electron chi connectivity index (χ3n) is 7.00. The first-order valence-electron chi connectivity index (χ1n) is 12.8. The molecule has 3 N–H and O–H groups in total. The molecule has 0 spiro atoms. The van der Waals surface area contributed by atoms with Crippen molar-refractivity contribution in [3.05, 3.63) is 108 Å². The Morgan fingerprint density at radius 3 is 1.84 bits per heavy atom. The van der Waals surface area contributed by atoms with Gasteiger partial charge < -0.3 is 39.0 Å². The van der Waals surface area contributed by atoms with E-state index in [0.717, 1.165) is 16.7 Å². The molecule has 3 aromatic rings. The van der Waals surface area contributed by atoms with Gasteiger partial charge in [0.05, 0.1) is 33.0 Å². The molecule has 0 radical (unpaired) electrons. The maximum absolute atomic E-state index is 11.9.